The lowest BCUT2D eigenvalue weighted by atomic mass is 10.1. The number of nitrogens with zero attached hydrogens (tertiary/aromatic N) is 3. The van der Waals surface area contributed by atoms with Crippen LogP contribution in [0.25, 0.3) is 22.2 Å². The first-order valence-electron chi connectivity index (χ1n) is 11.1. The number of hydrogen-bond donors (Lipinski definition) is 3. The van der Waals surface area contributed by atoms with E-state index in [0.717, 1.165) is 22.5 Å². The number of benzene rings is 2. The van der Waals surface area contributed by atoms with E-state index in [1.807, 2.05) is 41.2 Å². The van der Waals surface area contributed by atoms with E-state index in [2.05, 4.69) is 20.3 Å². The molecular formula is C25H24F2N6O. The molecule has 0 spiro atoms. The van der Waals surface area contributed by atoms with Crippen LogP contribution in [0.5, 0.6) is 0 Å². The van der Waals surface area contributed by atoms with Gasteiger partial charge in [0.25, 0.3) is 0 Å². The van der Waals surface area contributed by atoms with E-state index in [0.29, 0.717) is 44.0 Å². The average Bonchev–Trinajstić information content (AvgIpc) is 3.57. The molecule has 5 rings (SSSR count). The standard InChI is InChI=1S/C25H24F2N6O/c26-20-7-3-6-19(22(20)27)23-24(29-10-9-17-15-30-21-8-2-1-5-18(17)21)31-25(34)33(23)13-4-12-32-14-11-28-16-32/h1-3,5-8,11,14-16,29-30H,4,9-10,12-13H2,(H,31,34). The second-order valence-electron chi connectivity index (χ2n) is 8.10. The molecule has 0 saturated carbocycles. The molecule has 174 valence electrons. The summed E-state index contributed by atoms with van der Waals surface area (Å²) in [6, 6.07) is 12.0. The molecule has 5 aromatic rings. The molecule has 0 saturated heterocycles. The zero-order valence-electron chi connectivity index (χ0n) is 18.4. The average molecular weight is 463 g/mol. The highest BCUT2D eigenvalue weighted by Gasteiger charge is 2.21. The Morgan fingerprint density at radius 1 is 1.06 bits per heavy atom. The van der Waals surface area contributed by atoms with Gasteiger partial charge in [0, 0.05) is 54.7 Å². The lowest BCUT2D eigenvalue weighted by Crippen LogP contribution is -2.19. The van der Waals surface area contributed by atoms with Crippen LogP contribution >= 0.6 is 0 Å². The molecule has 3 heterocycles. The number of aromatic amines is 2. The monoisotopic (exact) mass is 462 g/mol. The van der Waals surface area contributed by atoms with Crippen molar-refractivity contribution in [1.29, 1.82) is 0 Å². The van der Waals surface area contributed by atoms with Crippen LogP contribution in [0.15, 0.2) is 72.2 Å². The van der Waals surface area contributed by atoms with Gasteiger partial charge in [0.05, 0.1) is 12.0 Å². The first-order valence-corrected chi connectivity index (χ1v) is 11.1. The summed E-state index contributed by atoms with van der Waals surface area (Å²) in [6.45, 7) is 1.48. The van der Waals surface area contributed by atoms with Crippen molar-refractivity contribution in [2.45, 2.75) is 25.9 Å². The third-order valence-corrected chi connectivity index (χ3v) is 5.92. The highest BCUT2D eigenvalue weighted by molar-refractivity contribution is 5.83. The van der Waals surface area contributed by atoms with Crippen LogP contribution in [0.4, 0.5) is 14.6 Å². The van der Waals surface area contributed by atoms with E-state index in [1.165, 1.54) is 16.7 Å². The molecule has 0 aliphatic heterocycles. The zero-order chi connectivity index (χ0) is 23.5. The van der Waals surface area contributed by atoms with Crippen molar-refractivity contribution in [3.05, 3.63) is 95.1 Å². The molecule has 3 aromatic heterocycles. The Kier molecular flexibility index (Phi) is 5.99. The van der Waals surface area contributed by atoms with Crippen LogP contribution in [0.3, 0.4) is 0 Å². The number of fused-ring (bicyclic) bond motifs is 1. The fourth-order valence-corrected chi connectivity index (χ4v) is 4.27. The van der Waals surface area contributed by atoms with Crippen LogP contribution in [-0.4, -0.2) is 30.6 Å². The lowest BCUT2D eigenvalue weighted by Gasteiger charge is -2.12. The maximum Gasteiger partial charge on any atom is 0.327 e. The minimum absolute atomic E-state index is 0.0376. The third kappa shape index (κ3) is 4.24. The SMILES string of the molecule is O=c1[nH]c(NCCc2c[nH]c3ccccc23)c(-c2cccc(F)c2F)n1CCCn1ccnc1. The number of H-pyrrole nitrogens is 2. The molecule has 0 atom stereocenters. The van der Waals surface area contributed by atoms with E-state index in [4.69, 9.17) is 0 Å². The summed E-state index contributed by atoms with van der Waals surface area (Å²) >= 11 is 0. The number of para-hydroxylation sites is 1. The summed E-state index contributed by atoms with van der Waals surface area (Å²) in [4.78, 5) is 22.9. The molecule has 9 heteroatoms. The summed E-state index contributed by atoms with van der Waals surface area (Å²) in [5.74, 6) is -1.57. The van der Waals surface area contributed by atoms with Gasteiger partial charge in [-0.2, -0.15) is 0 Å². The Hall–Kier alpha value is -4.14. The van der Waals surface area contributed by atoms with Gasteiger partial charge in [-0.05, 0) is 36.6 Å². The summed E-state index contributed by atoms with van der Waals surface area (Å²) < 4.78 is 32.2. The van der Waals surface area contributed by atoms with E-state index in [9.17, 15) is 13.6 Å². The predicted octanol–water partition coefficient (Wildman–Crippen LogP) is 4.54. The summed E-state index contributed by atoms with van der Waals surface area (Å²) in [5.41, 5.74) is 2.15. The second-order valence-corrected chi connectivity index (χ2v) is 8.10. The molecule has 0 aliphatic carbocycles. The maximum absolute atomic E-state index is 14.8. The predicted molar refractivity (Wildman–Crippen MR) is 128 cm³/mol. The number of hydrogen-bond acceptors (Lipinski definition) is 3. The summed E-state index contributed by atoms with van der Waals surface area (Å²) in [7, 11) is 0. The van der Waals surface area contributed by atoms with Crippen molar-refractivity contribution in [3.63, 3.8) is 0 Å². The van der Waals surface area contributed by atoms with Gasteiger partial charge < -0.3 is 14.9 Å². The van der Waals surface area contributed by atoms with Crippen LogP contribution in [-0.2, 0) is 19.5 Å². The van der Waals surface area contributed by atoms with Crippen LogP contribution in [0, 0.1) is 11.6 Å². The fraction of sp³-hybridized carbons (Fsp3) is 0.200. The minimum Gasteiger partial charge on any atom is -0.369 e. The van der Waals surface area contributed by atoms with Crippen molar-refractivity contribution >= 4 is 16.7 Å². The number of nitrogens with one attached hydrogen (secondary N) is 3. The number of aryl methyl sites for hydroxylation is 1. The Bertz CT molecular complexity index is 1460. The first kappa shape index (κ1) is 21.7. The molecule has 0 bridgehead atoms. The van der Waals surface area contributed by atoms with E-state index in [1.54, 1.807) is 12.5 Å². The Balaban J connectivity index is 1.41. The lowest BCUT2D eigenvalue weighted by molar-refractivity contribution is 0.508. The van der Waals surface area contributed by atoms with Crippen molar-refractivity contribution in [3.8, 4) is 11.3 Å². The molecule has 2 aromatic carbocycles. The van der Waals surface area contributed by atoms with Gasteiger partial charge in [-0.1, -0.05) is 24.3 Å². The quantitative estimate of drug-likeness (QED) is 0.301. The van der Waals surface area contributed by atoms with Gasteiger partial charge in [-0.25, -0.2) is 18.6 Å². The Morgan fingerprint density at radius 2 is 1.94 bits per heavy atom. The number of imidazole rings is 2. The van der Waals surface area contributed by atoms with Crippen LogP contribution < -0.4 is 11.0 Å². The molecular weight excluding hydrogens is 438 g/mol. The molecule has 0 radical (unpaired) electrons. The van der Waals surface area contributed by atoms with Gasteiger partial charge >= 0.3 is 5.69 Å². The Morgan fingerprint density at radius 3 is 2.79 bits per heavy atom. The van der Waals surface area contributed by atoms with Gasteiger partial charge in [0.2, 0.25) is 0 Å². The maximum atomic E-state index is 14.8. The third-order valence-electron chi connectivity index (χ3n) is 5.92. The normalized spacial score (nSPS) is 11.4. The van der Waals surface area contributed by atoms with Crippen molar-refractivity contribution in [2.75, 3.05) is 11.9 Å². The number of rotatable bonds is 9. The molecule has 0 fully saturated rings. The smallest absolute Gasteiger partial charge is 0.327 e. The topological polar surface area (TPSA) is 83.4 Å². The van der Waals surface area contributed by atoms with Gasteiger partial charge in [-0.15, -0.1) is 0 Å². The van der Waals surface area contributed by atoms with Crippen LogP contribution in [0.1, 0.15) is 12.0 Å². The highest BCUT2D eigenvalue weighted by Crippen LogP contribution is 2.30. The number of halogens is 2. The molecule has 7 nitrogen and oxygen atoms in total. The van der Waals surface area contributed by atoms with Crippen molar-refractivity contribution in [2.24, 2.45) is 0 Å². The molecule has 34 heavy (non-hydrogen) atoms. The van der Waals surface area contributed by atoms with E-state index in [-0.39, 0.29) is 11.3 Å². The van der Waals surface area contributed by atoms with E-state index < -0.39 is 11.6 Å². The van der Waals surface area contributed by atoms with Crippen LogP contribution in [0.2, 0.25) is 0 Å². The Labute approximate surface area is 194 Å². The van der Waals surface area contributed by atoms with Crippen molar-refractivity contribution in [1.82, 2.24) is 24.1 Å². The summed E-state index contributed by atoms with van der Waals surface area (Å²) in [6.07, 6.45) is 8.49. The molecule has 0 amide bonds. The van der Waals surface area contributed by atoms with Gasteiger partial charge in [0.15, 0.2) is 11.6 Å². The first-order chi connectivity index (χ1) is 16.6. The molecule has 0 aliphatic rings. The summed E-state index contributed by atoms with van der Waals surface area (Å²) in [5, 5.41) is 4.36. The number of aromatic nitrogens is 5. The highest BCUT2D eigenvalue weighted by atomic mass is 19.2. The largest absolute Gasteiger partial charge is 0.369 e. The van der Waals surface area contributed by atoms with Gasteiger partial charge in [-0.3, -0.25) is 9.55 Å². The number of anilines is 1. The fourth-order valence-electron chi connectivity index (χ4n) is 4.27. The van der Waals surface area contributed by atoms with Crippen molar-refractivity contribution < 1.29 is 8.78 Å². The molecule has 0 unspecified atom stereocenters. The van der Waals surface area contributed by atoms with E-state index >= 15 is 0 Å². The minimum atomic E-state index is -0.982. The zero-order valence-corrected chi connectivity index (χ0v) is 18.4. The second kappa shape index (κ2) is 9.38. The molecule has 3 N–H and O–H groups in total. The van der Waals surface area contributed by atoms with Gasteiger partial charge in [0.1, 0.15) is 5.82 Å².